The van der Waals surface area contributed by atoms with Crippen LogP contribution >= 0.6 is 11.6 Å². The highest BCUT2D eigenvalue weighted by molar-refractivity contribution is 6.33. The number of benzene rings is 2. The molecule has 0 fully saturated rings. The van der Waals surface area contributed by atoms with Crippen LogP contribution in [0.25, 0.3) is 0 Å². The Morgan fingerprint density at radius 1 is 1.17 bits per heavy atom. The molecule has 6 nitrogen and oxygen atoms in total. The number of nitrogens with zero attached hydrogens (tertiary/aromatic N) is 2. The van der Waals surface area contributed by atoms with Crippen LogP contribution in [0.4, 0.5) is 4.39 Å². The summed E-state index contributed by atoms with van der Waals surface area (Å²) in [7, 11) is 0. The average Bonchev–Trinajstić information content (AvgIpc) is 2.98. The number of nitrogens with one attached hydrogen (secondary N) is 1. The highest BCUT2D eigenvalue weighted by atomic mass is 35.5. The summed E-state index contributed by atoms with van der Waals surface area (Å²) >= 11 is 5.83. The first kappa shape index (κ1) is 21.5. The number of carbonyl (C=O) groups is 2. The molecule has 0 atom stereocenters. The standard InChI is InChI=1S/C22H21ClFN3O3/c1-14-19(15(2)27(26-14)12-16-6-4-3-5-7-16)11-25-21(28)13-30-22(29)18-9-8-17(24)10-20(18)23/h3-10H,11-13H2,1-2H3,(H,25,28). The van der Waals surface area contributed by atoms with Crippen LogP contribution in [-0.2, 0) is 22.6 Å². The van der Waals surface area contributed by atoms with Crippen molar-refractivity contribution >= 4 is 23.5 Å². The molecule has 156 valence electrons. The fraction of sp³-hybridized carbons (Fsp3) is 0.227. The molecule has 0 bridgehead atoms. The van der Waals surface area contributed by atoms with Gasteiger partial charge >= 0.3 is 5.97 Å². The van der Waals surface area contributed by atoms with Gasteiger partial charge in [-0.15, -0.1) is 0 Å². The summed E-state index contributed by atoms with van der Waals surface area (Å²) < 4.78 is 19.9. The molecule has 0 unspecified atom stereocenters. The maximum Gasteiger partial charge on any atom is 0.340 e. The zero-order valence-electron chi connectivity index (χ0n) is 16.6. The van der Waals surface area contributed by atoms with Crippen LogP contribution in [0.1, 0.15) is 32.9 Å². The van der Waals surface area contributed by atoms with Crippen LogP contribution in [0.3, 0.4) is 0 Å². The summed E-state index contributed by atoms with van der Waals surface area (Å²) in [6, 6.07) is 13.3. The van der Waals surface area contributed by atoms with Crippen LogP contribution in [0.5, 0.6) is 0 Å². The number of ether oxygens (including phenoxy) is 1. The third-order valence-electron chi connectivity index (χ3n) is 4.65. The molecule has 8 heteroatoms. The summed E-state index contributed by atoms with van der Waals surface area (Å²) in [6.07, 6.45) is 0. The Morgan fingerprint density at radius 3 is 2.60 bits per heavy atom. The molecule has 0 aliphatic rings. The molecule has 2 aromatic carbocycles. The summed E-state index contributed by atoms with van der Waals surface area (Å²) in [5, 5.41) is 7.20. The Morgan fingerprint density at radius 2 is 1.90 bits per heavy atom. The van der Waals surface area contributed by atoms with E-state index in [1.807, 2.05) is 48.9 Å². The normalized spacial score (nSPS) is 10.7. The van der Waals surface area contributed by atoms with Gasteiger partial charge in [-0.05, 0) is 37.6 Å². The van der Waals surface area contributed by atoms with Gasteiger partial charge in [-0.1, -0.05) is 41.9 Å². The van der Waals surface area contributed by atoms with Crippen LogP contribution in [0, 0.1) is 19.7 Å². The molecule has 0 aliphatic carbocycles. The summed E-state index contributed by atoms with van der Waals surface area (Å²) in [6.45, 7) is 4.26. The quantitative estimate of drug-likeness (QED) is 0.579. The number of amides is 1. The Labute approximate surface area is 178 Å². The van der Waals surface area contributed by atoms with Gasteiger partial charge in [-0.3, -0.25) is 9.48 Å². The monoisotopic (exact) mass is 429 g/mol. The molecule has 0 aliphatic heterocycles. The van der Waals surface area contributed by atoms with Crippen molar-refractivity contribution in [3.63, 3.8) is 0 Å². The van der Waals surface area contributed by atoms with Crippen LogP contribution in [-0.4, -0.2) is 28.3 Å². The number of halogens is 2. The number of carbonyl (C=O) groups excluding carboxylic acids is 2. The van der Waals surface area contributed by atoms with Gasteiger partial charge in [-0.2, -0.15) is 5.10 Å². The molecule has 3 rings (SSSR count). The van der Waals surface area contributed by atoms with Gasteiger partial charge in [0.15, 0.2) is 6.61 Å². The van der Waals surface area contributed by atoms with Gasteiger partial charge < -0.3 is 10.1 Å². The topological polar surface area (TPSA) is 73.2 Å². The van der Waals surface area contributed by atoms with E-state index < -0.39 is 24.3 Å². The summed E-state index contributed by atoms with van der Waals surface area (Å²) in [4.78, 5) is 24.1. The van der Waals surface area contributed by atoms with Crippen LogP contribution < -0.4 is 5.32 Å². The van der Waals surface area contributed by atoms with Crippen molar-refractivity contribution in [2.24, 2.45) is 0 Å². The summed E-state index contributed by atoms with van der Waals surface area (Å²) in [5.74, 6) is -1.82. The van der Waals surface area contributed by atoms with Crippen molar-refractivity contribution < 1.29 is 18.7 Å². The van der Waals surface area contributed by atoms with E-state index in [-0.39, 0.29) is 17.1 Å². The number of esters is 1. The lowest BCUT2D eigenvalue weighted by atomic mass is 10.2. The molecule has 1 amide bonds. The van der Waals surface area contributed by atoms with Gasteiger partial charge in [-0.25, -0.2) is 9.18 Å². The SMILES string of the molecule is Cc1nn(Cc2ccccc2)c(C)c1CNC(=O)COC(=O)c1ccc(F)cc1Cl. The highest BCUT2D eigenvalue weighted by Gasteiger charge is 2.16. The number of hydrogen-bond donors (Lipinski definition) is 1. The fourth-order valence-corrected chi connectivity index (χ4v) is 3.25. The minimum Gasteiger partial charge on any atom is -0.452 e. The number of hydrogen-bond acceptors (Lipinski definition) is 4. The van der Waals surface area contributed by atoms with E-state index in [0.29, 0.717) is 6.54 Å². The molecular formula is C22H21ClFN3O3. The molecule has 1 N–H and O–H groups in total. The van der Waals surface area contributed by atoms with Crippen molar-refractivity contribution in [2.45, 2.75) is 26.9 Å². The maximum absolute atomic E-state index is 13.1. The smallest absolute Gasteiger partial charge is 0.340 e. The zero-order valence-corrected chi connectivity index (χ0v) is 17.4. The summed E-state index contributed by atoms with van der Waals surface area (Å²) in [5.41, 5.74) is 3.81. The second kappa shape index (κ2) is 9.54. The van der Waals surface area contributed by atoms with Crippen LogP contribution in [0.15, 0.2) is 48.5 Å². The highest BCUT2D eigenvalue weighted by Crippen LogP contribution is 2.18. The van der Waals surface area contributed by atoms with Gasteiger partial charge in [0.05, 0.1) is 22.8 Å². The van der Waals surface area contributed by atoms with Crippen molar-refractivity contribution in [1.29, 1.82) is 0 Å². The molecule has 30 heavy (non-hydrogen) atoms. The maximum atomic E-state index is 13.1. The molecule has 0 radical (unpaired) electrons. The van der Waals surface area contributed by atoms with Crippen molar-refractivity contribution in [3.05, 3.63) is 87.4 Å². The van der Waals surface area contributed by atoms with E-state index in [1.54, 1.807) is 0 Å². The van der Waals surface area contributed by atoms with E-state index in [2.05, 4.69) is 10.4 Å². The third-order valence-corrected chi connectivity index (χ3v) is 4.97. The minimum atomic E-state index is -0.793. The molecule has 0 saturated carbocycles. The van der Waals surface area contributed by atoms with Gasteiger partial charge in [0.1, 0.15) is 5.82 Å². The lowest BCUT2D eigenvalue weighted by Gasteiger charge is -2.09. The lowest BCUT2D eigenvalue weighted by molar-refractivity contribution is -0.124. The average molecular weight is 430 g/mol. The second-order valence-electron chi connectivity index (χ2n) is 6.77. The van der Waals surface area contributed by atoms with Crippen molar-refractivity contribution in [2.75, 3.05) is 6.61 Å². The van der Waals surface area contributed by atoms with E-state index in [1.165, 1.54) is 6.07 Å². The van der Waals surface area contributed by atoms with E-state index in [4.69, 9.17) is 16.3 Å². The van der Waals surface area contributed by atoms with E-state index in [9.17, 15) is 14.0 Å². The predicted octanol–water partition coefficient (Wildman–Crippen LogP) is 3.81. The molecular weight excluding hydrogens is 409 g/mol. The number of aromatic nitrogens is 2. The first-order valence-electron chi connectivity index (χ1n) is 9.31. The Balaban J connectivity index is 1.55. The number of aryl methyl sites for hydroxylation is 1. The van der Waals surface area contributed by atoms with Crippen molar-refractivity contribution in [3.8, 4) is 0 Å². The minimum absolute atomic E-state index is 0.000237. The molecule has 1 aromatic heterocycles. The third kappa shape index (κ3) is 5.24. The first-order valence-corrected chi connectivity index (χ1v) is 9.68. The molecule has 0 saturated heterocycles. The largest absolute Gasteiger partial charge is 0.452 e. The van der Waals surface area contributed by atoms with Gasteiger partial charge in [0.25, 0.3) is 5.91 Å². The Kier molecular flexibility index (Phi) is 6.84. The van der Waals surface area contributed by atoms with E-state index in [0.717, 1.165) is 34.6 Å². The lowest BCUT2D eigenvalue weighted by Crippen LogP contribution is -2.28. The molecule has 3 aromatic rings. The second-order valence-corrected chi connectivity index (χ2v) is 7.18. The van der Waals surface area contributed by atoms with Crippen LogP contribution in [0.2, 0.25) is 5.02 Å². The van der Waals surface area contributed by atoms with Crippen molar-refractivity contribution in [1.82, 2.24) is 15.1 Å². The zero-order chi connectivity index (χ0) is 21.7. The predicted molar refractivity (Wildman–Crippen MR) is 111 cm³/mol. The van der Waals surface area contributed by atoms with E-state index >= 15 is 0 Å². The molecule has 1 heterocycles. The Hall–Kier alpha value is -3.19. The first-order chi connectivity index (χ1) is 14.3. The fourth-order valence-electron chi connectivity index (χ4n) is 3.00. The van der Waals surface area contributed by atoms with Gasteiger partial charge in [0, 0.05) is 17.8 Å². The van der Waals surface area contributed by atoms with Gasteiger partial charge in [0.2, 0.25) is 0 Å². The number of rotatable bonds is 7. The Bertz CT molecular complexity index is 1070. The molecule has 0 spiro atoms.